The average Bonchev–Trinajstić information content (AvgIpc) is 2.65. The molecule has 2 aromatic rings. The number of aromatic hydroxyl groups is 1. The first-order valence-electron chi connectivity index (χ1n) is 7.79. The maximum Gasteiger partial charge on any atom is 0.267 e. The van der Waals surface area contributed by atoms with Crippen LogP contribution in [0.1, 0.15) is 5.56 Å². The summed E-state index contributed by atoms with van der Waals surface area (Å²) in [6.07, 6.45) is 1.26. The first-order valence-corrected chi connectivity index (χ1v) is 8.16. The van der Waals surface area contributed by atoms with E-state index in [0.717, 1.165) is 0 Å². The number of rotatable bonds is 6. The topological polar surface area (TPSA) is 104 Å². The molecule has 0 fully saturated rings. The number of amides is 1. The summed E-state index contributed by atoms with van der Waals surface area (Å²) in [7, 11) is 2.94. The molecule has 0 aliphatic heterocycles. The molecule has 7 nitrogen and oxygen atoms in total. The van der Waals surface area contributed by atoms with Crippen LogP contribution in [0.3, 0.4) is 0 Å². The molecule has 2 aromatic carbocycles. The summed E-state index contributed by atoms with van der Waals surface area (Å²) in [5.41, 5.74) is 1.47. The van der Waals surface area contributed by atoms with E-state index in [4.69, 9.17) is 21.1 Å². The molecular formula is C19H18ClN3O4. The van der Waals surface area contributed by atoms with Crippen molar-refractivity contribution in [1.29, 1.82) is 5.26 Å². The first-order chi connectivity index (χ1) is 12.9. The number of ether oxygens (including phenoxy) is 2. The van der Waals surface area contributed by atoms with E-state index in [2.05, 4.69) is 10.6 Å². The Morgan fingerprint density at radius 2 is 1.89 bits per heavy atom. The zero-order chi connectivity index (χ0) is 20.0. The minimum atomic E-state index is -0.598. The van der Waals surface area contributed by atoms with Gasteiger partial charge in [0.25, 0.3) is 5.91 Å². The third-order valence-electron chi connectivity index (χ3n) is 3.67. The van der Waals surface area contributed by atoms with E-state index in [1.54, 1.807) is 25.1 Å². The van der Waals surface area contributed by atoms with Gasteiger partial charge in [0, 0.05) is 24.0 Å². The molecule has 8 heteroatoms. The molecule has 0 saturated heterocycles. The van der Waals surface area contributed by atoms with Crippen LogP contribution in [0.25, 0.3) is 0 Å². The van der Waals surface area contributed by atoms with Crippen LogP contribution in [0.2, 0.25) is 5.02 Å². The number of nitrogens with one attached hydrogen (secondary N) is 2. The standard InChI is InChI=1S/C19H18ClN3O4/c1-11-6-13(24)4-5-15(11)23-19(25)12(9-21)10-22-16-8-17(26-2)14(20)7-18(16)27-3/h4-8,10,22,24H,1-3H3,(H,23,25)/b12-10-. The van der Waals surface area contributed by atoms with E-state index in [1.807, 2.05) is 6.07 Å². The van der Waals surface area contributed by atoms with Gasteiger partial charge in [-0.15, -0.1) is 0 Å². The van der Waals surface area contributed by atoms with Gasteiger partial charge < -0.3 is 25.2 Å². The van der Waals surface area contributed by atoms with Crippen molar-refractivity contribution in [1.82, 2.24) is 0 Å². The summed E-state index contributed by atoms with van der Waals surface area (Å²) in [4.78, 5) is 12.4. The molecule has 0 heterocycles. The van der Waals surface area contributed by atoms with E-state index in [1.165, 1.54) is 32.6 Å². The Morgan fingerprint density at radius 3 is 2.48 bits per heavy atom. The van der Waals surface area contributed by atoms with Gasteiger partial charge in [-0.3, -0.25) is 4.79 Å². The van der Waals surface area contributed by atoms with Crippen molar-refractivity contribution in [2.24, 2.45) is 0 Å². The van der Waals surface area contributed by atoms with E-state index >= 15 is 0 Å². The molecule has 0 aliphatic rings. The molecule has 0 radical (unpaired) electrons. The van der Waals surface area contributed by atoms with Gasteiger partial charge in [-0.2, -0.15) is 5.26 Å². The monoisotopic (exact) mass is 387 g/mol. The van der Waals surface area contributed by atoms with Crippen molar-refractivity contribution < 1.29 is 19.4 Å². The van der Waals surface area contributed by atoms with E-state index in [9.17, 15) is 15.2 Å². The van der Waals surface area contributed by atoms with Crippen molar-refractivity contribution >= 4 is 28.9 Å². The second-order valence-corrected chi connectivity index (χ2v) is 5.86. The van der Waals surface area contributed by atoms with Gasteiger partial charge in [-0.1, -0.05) is 11.6 Å². The Morgan fingerprint density at radius 1 is 1.19 bits per heavy atom. The van der Waals surface area contributed by atoms with Crippen molar-refractivity contribution in [3.05, 3.63) is 52.7 Å². The van der Waals surface area contributed by atoms with Gasteiger partial charge in [-0.25, -0.2) is 0 Å². The van der Waals surface area contributed by atoms with Crippen LogP contribution < -0.4 is 20.1 Å². The number of benzene rings is 2. The summed E-state index contributed by atoms with van der Waals surface area (Å²) >= 11 is 6.05. The molecule has 140 valence electrons. The number of anilines is 2. The highest BCUT2D eigenvalue weighted by molar-refractivity contribution is 6.32. The Kier molecular flexibility index (Phi) is 6.52. The highest BCUT2D eigenvalue weighted by Gasteiger charge is 2.13. The zero-order valence-electron chi connectivity index (χ0n) is 15.0. The van der Waals surface area contributed by atoms with Gasteiger partial charge in [0.05, 0.1) is 24.9 Å². The highest BCUT2D eigenvalue weighted by Crippen LogP contribution is 2.36. The van der Waals surface area contributed by atoms with E-state index < -0.39 is 5.91 Å². The number of hydrogen-bond acceptors (Lipinski definition) is 6. The van der Waals surface area contributed by atoms with Crippen LogP contribution in [0.4, 0.5) is 11.4 Å². The normalized spacial score (nSPS) is 10.7. The zero-order valence-corrected chi connectivity index (χ0v) is 15.7. The molecule has 27 heavy (non-hydrogen) atoms. The molecule has 0 saturated carbocycles. The van der Waals surface area contributed by atoms with Gasteiger partial charge >= 0.3 is 0 Å². The number of nitriles is 1. The summed E-state index contributed by atoms with van der Waals surface area (Å²) in [6.45, 7) is 1.73. The van der Waals surface area contributed by atoms with Crippen LogP contribution in [0, 0.1) is 18.3 Å². The molecule has 3 N–H and O–H groups in total. The maximum absolute atomic E-state index is 12.4. The summed E-state index contributed by atoms with van der Waals surface area (Å²) in [6, 6.07) is 9.50. The lowest BCUT2D eigenvalue weighted by molar-refractivity contribution is -0.112. The van der Waals surface area contributed by atoms with Gasteiger partial charge in [0.1, 0.15) is 28.9 Å². The van der Waals surface area contributed by atoms with E-state index in [-0.39, 0.29) is 11.3 Å². The second-order valence-electron chi connectivity index (χ2n) is 5.45. The smallest absolute Gasteiger partial charge is 0.267 e. The Bertz CT molecular complexity index is 935. The molecule has 0 atom stereocenters. The minimum Gasteiger partial charge on any atom is -0.508 e. The fourth-order valence-corrected chi connectivity index (χ4v) is 2.48. The fraction of sp³-hybridized carbons (Fsp3) is 0.158. The lowest BCUT2D eigenvalue weighted by Gasteiger charge is -2.12. The summed E-state index contributed by atoms with van der Waals surface area (Å²) < 4.78 is 10.4. The maximum atomic E-state index is 12.4. The van der Waals surface area contributed by atoms with Crippen LogP contribution in [-0.2, 0) is 4.79 Å². The van der Waals surface area contributed by atoms with Crippen LogP contribution in [0.15, 0.2) is 42.1 Å². The SMILES string of the molecule is COc1cc(N/C=C(/C#N)C(=O)Nc2ccc(O)cc2C)c(OC)cc1Cl. The number of carbonyl (C=O) groups excluding carboxylic acids is 1. The summed E-state index contributed by atoms with van der Waals surface area (Å²) in [5.74, 6) is 0.325. The third kappa shape index (κ3) is 4.84. The second kappa shape index (κ2) is 8.83. The molecule has 0 aromatic heterocycles. The number of aryl methyl sites for hydroxylation is 1. The largest absolute Gasteiger partial charge is 0.508 e. The number of methoxy groups -OCH3 is 2. The number of phenolic OH excluding ortho intramolecular Hbond substituents is 1. The fourth-order valence-electron chi connectivity index (χ4n) is 2.25. The number of carbonyl (C=O) groups is 1. The Labute approximate surface area is 161 Å². The first kappa shape index (κ1) is 19.9. The molecule has 0 bridgehead atoms. The van der Waals surface area contributed by atoms with Crippen molar-refractivity contribution in [3.63, 3.8) is 0 Å². The molecule has 2 rings (SSSR count). The van der Waals surface area contributed by atoms with Gasteiger partial charge in [0.15, 0.2) is 0 Å². The number of phenols is 1. The van der Waals surface area contributed by atoms with Crippen molar-refractivity contribution in [3.8, 4) is 23.3 Å². The van der Waals surface area contributed by atoms with Crippen molar-refractivity contribution in [2.75, 3.05) is 24.9 Å². The average molecular weight is 388 g/mol. The van der Waals surface area contributed by atoms with E-state index in [0.29, 0.717) is 33.5 Å². The van der Waals surface area contributed by atoms with Crippen LogP contribution in [-0.4, -0.2) is 25.2 Å². The quantitative estimate of drug-likeness (QED) is 0.395. The molecule has 0 spiro atoms. The number of hydrogen-bond donors (Lipinski definition) is 3. The Balaban J connectivity index is 2.23. The highest BCUT2D eigenvalue weighted by atomic mass is 35.5. The predicted octanol–water partition coefficient (Wildman–Crippen LogP) is 3.83. The van der Waals surface area contributed by atoms with Crippen LogP contribution >= 0.6 is 11.6 Å². The molecule has 1 amide bonds. The summed E-state index contributed by atoms with van der Waals surface area (Å²) in [5, 5.41) is 24.6. The lowest BCUT2D eigenvalue weighted by atomic mass is 10.2. The molecular weight excluding hydrogens is 370 g/mol. The number of halogens is 1. The van der Waals surface area contributed by atoms with Gasteiger partial charge in [0.2, 0.25) is 0 Å². The Hall–Kier alpha value is -3.37. The lowest BCUT2D eigenvalue weighted by Crippen LogP contribution is -2.15. The van der Waals surface area contributed by atoms with Gasteiger partial charge in [-0.05, 0) is 30.7 Å². The number of nitrogens with zero attached hydrogens (tertiary/aromatic N) is 1. The van der Waals surface area contributed by atoms with Crippen LogP contribution in [0.5, 0.6) is 17.2 Å². The third-order valence-corrected chi connectivity index (χ3v) is 3.96. The minimum absolute atomic E-state index is 0.0898. The van der Waals surface area contributed by atoms with Crippen molar-refractivity contribution in [2.45, 2.75) is 6.92 Å². The molecule has 0 aliphatic carbocycles. The molecule has 0 unspecified atom stereocenters. The predicted molar refractivity (Wildman–Crippen MR) is 103 cm³/mol.